The summed E-state index contributed by atoms with van der Waals surface area (Å²) >= 11 is 8.27. The minimum atomic E-state index is 0.114. The highest BCUT2D eigenvalue weighted by Gasteiger charge is 2.12. The third kappa shape index (κ3) is 6.69. The van der Waals surface area contributed by atoms with E-state index in [2.05, 4.69) is 39.1 Å². The Kier molecular flexibility index (Phi) is 7.27. The molecule has 1 aromatic carbocycles. The van der Waals surface area contributed by atoms with Gasteiger partial charge in [0.1, 0.15) is 0 Å². The summed E-state index contributed by atoms with van der Waals surface area (Å²) in [5.74, 6) is 1.18. The lowest BCUT2D eigenvalue weighted by Crippen LogP contribution is -2.35. The van der Waals surface area contributed by atoms with Crippen LogP contribution >= 0.6 is 23.4 Å². The lowest BCUT2D eigenvalue weighted by atomic mass is 10.1. The van der Waals surface area contributed by atoms with Gasteiger partial charge in [-0.3, -0.25) is 0 Å². The summed E-state index contributed by atoms with van der Waals surface area (Å²) in [4.78, 5) is 1.32. The van der Waals surface area contributed by atoms with Crippen LogP contribution in [0.25, 0.3) is 0 Å². The average Bonchev–Trinajstić information content (AvgIpc) is 2.32. The monoisotopic (exact) mass is 299 g/mol. The van der Waals surface area contributed by atoms with Gasteiger partial charge in [0, 0.05) is 22.0 Å². The molecule has 0 radical (unpaired) electrons. The number of unbranched alkanes of at least 4 members (excludes halogenated alkanes) is 2. The van der Waals surface area contributed by atoms with Gasteiger partial charge in [-0.2, -0.15) is 0 Å². The quantitative estimate of drug-likeness (QED) is 0.526. The van der Waals surface area contributed by atoms with Crippen LogP contribution in [0.15, 0.2) is 23.1 Å². The Bertz CT molecular complexity index is 385. The molecule has 1 nitrogen and oxygen atoms in total. The maximum absolute atomic E-state index is 6.35. The molecule has 0 atom stereocenters. The first-order valence-electron chi connectivity index (χ1n) is 7.09. The van der Waals surface area contributed by atoms with Gasteiger partial charge in [-0.05, 0) is 50.6 Å². The Morgan fingerprint density at radius 1 is 1.21 bits per heavy atom. The van der Waals surface area contributed by atoms with Crippen LogP contribution < -0.4 is 5.32 Å². The lowest BCUT2D eigenvalue weighted by molar-refractivity contribution is 0.422. The summed E-state index contributed by atoms with van der Waals surface area (Å²) in [6.45, 7) is 9.61. The average molecular weight is 300 g/mol. The van der Waals surface area contributed by atoms with E-state index in [4.69, 9.17) is 11.6 Å². The molecular formula is C16H26ClNS. The summed E-state index contributed by atoms with van der Waals surface area (Å²) in [6.07, 6.45) is 3.86. The van der Waals surface area contributed by atoms with Crippen LogP contribution in [-0.4, -0.2) is 11.3 Å². The fourth-order valence-electron chi connectivity index (χ4n) is 1.73. The first-order chi connectivity index (χ1) is 8.94. The van der Waals surface area contributed by atoms with Gasteiger partial charge in [-0.15, -0.1) is 11.8 Å². The molecule has 0 fully saturated rings. The van der Waals surface area contributed by atoms with Crippen molar-refractivity contribution in [3.05, 3.63) is 28.8 Å². The highest BCUT2D eigenvalue weighted by Crippen LogP contribution is 2.29. The summed E-state index contributed by atoms with van der Waals surface area (Å²) in [5, 5.41) is 4.40. The predicted octanol–water partition coefficient (Wildman–Crippen LogP) is 5.51. The normalized spacial score (nSPS) is 11.8. The van der Waals surface area contributed by atoms with Crippen LogP contribution in [0, 0.1) is 0 Å². The first kappa shape index (κ1) is 16.9. The molecule has 0 unspecified atom stereocenters. The first-order valence-corrected chi connectivity index (χ1v) is 8.45. The molecule has 108 valence electrons. The topological polar surface area (TPSA) is 12.0 Å². The van der Waals surface area contributed by atoms with Gasteiger partial charge in [0.2, 0.25) is 0 Å². The molecule has 0 heterocycles. The molecule has 1 N–H and O–H groups in total. The zero-order valence-electron chi connectivity index (χ0n) is 12.6. The molecule has 0 amide bonds. The van der Waals surface area contributed by atoms with E-state index in [0.717, 1.165) is 11.6 Å². The van der Waals surface area contributed by atoms with Crippen molar-refractivity contribution in [3.63, 3.8) is 0 Å². The second-order valence-electron chi connectivity index (χ2n) is 5.88. The Morgan fingerprint density at radius 3 is 2.58 bits per heavy atom. The fraction of sp³-hybridized carbons (Fsp3) is 0.625. The van der Waals surface area contributed by atoms with Gasteiger partial charge in [0.15, 0.2) is 0 Å². The van der Waals surface area contributed by atoms with Crippen LogP contribution in [0.4, 0.5) is 0 Å². The van der Waals surface area contributed by atoms with Crippen molar-refractivity contribution in [2.24, 2.45) is 0 Å². The Morgan fingerprint density at radius 2 is 1.95 bits per heavy atom. The zero-order chi connectivity index (χ0) is 14.3. The number of thioether (sulfide) groups is 1. The molecule has 19 heavy (non-hydrogen) atoms. The van der Waals surface area contributed by atoms with Crippen molar-refractivity contribution < 1.29 is 0 Å². The van der Waals surface area contributed by atoms with Crippen molar-refractivity contribution in [2.45, 2.75) is 63.9 Å². The molecule has 1 rings (SSSR count). The minimum absolute atomic E-state index is 0.114. The molecule has 0 aliphatic rings. The molecule has 3 heteroatoms. The molecule has 1 aromatic rings. The Labute approximate surface area is 127 Å². The van der Waals surface area contributed by atoms with Crippen molar-refractivity contribution in [1.29, 1.82) is 0 Å². The number of rotatable bonds is 7. The smallest absolute Gasteiger partial charge is 0.0462 e. The van der Waals surface area contributed by atoms with Crippen LogP contribution in [0.5, 0.6) is 0 Å². The number of hydrogen-bond acceptors (Lipinski definition) is 2. The van der Waals surface area contributed by atoms with Gasteiger partial charge >= 0.3 is 0 Å². The Balaban J connectivity index is 2.66. The standard InChI is InChI=1S/C16H26ClNS/c1-5-6-7-11-19-15-10-8-9-14(17)13(15)12-18-16(2,3)4/h8-10,18H,5-7,11-12H2,1-4H3. The highest BCUT2D eigenvalue weighted by atomic mass is 35.5. The van der Waals surface area contributed by atoms with Crippen molar-refractivity contribution in [2.75, 3.05) is 5.75 Å². The molecule has 0 saturated heterocycles. The molecule has 0 aliphatic heterocycles. The Hall–Kier alpha value is -0.180. The highest BCUT2D eigenvalue weighted by molar-refractivity contribution is 7.99. The maximum atomic E-state index is 6.35. The van der Waals surface area contributed by atoms with Crippen LogP contribution in [0.3, 0.4) is 0 Å². The zero-order valence-corrected chi connectivity index (χ0v) is 14.1. The van der Waals surface area contributed by atoms with Gasteiger partial charge in [-0.1, -0.05) is 37.4 Å². The van der Waals surface area contributed by atoms with Gasteiger partial charge in [-0.25, -0.2) is 0 Å². The fourth-order valence-corrected chi connectivity index (χ4v) is 3.13. The number of halogens is 1. The molecule has 0 aliphatic carbocycles. The van der Waals surface area contributed by atoms with E-state index in [9.17, 15) is 0 Å². The van der Waals surface area contributed by atoms with E-state index in [1.54, 1.807) is 0 Å². The summed E-state index contributed by atoms with van der Waals surface area (Å²) in [7, 11) is 0. The van der Waals surface area contributed by atoms with E-state index in [1.807, 2.05) is 23.9 Å². The van der Waals surface area contributed by atoms with Crippen molar-refractivity contribution in [3.8, 4) is 0 Å². The summed E-state index contributed by atoms with van der Waals surface area (Å²) < 4.78 is 0. The minimum Gasteiger partial charge on any atom is -0.308 e. The molecule has 0 aromatic heterocycles. The van der Waals surface area contributed by atoms with Gasteiger partial charge in [0.25, 0.3) is 0 Å². The third-order valence-corrected chi connectivity index (χ3v) is 4.42. The summed E-state index contributed by atoms with van der Waals surface area (Å²) in [6, 6.07) is 6.21. The van der Waals surface area contributed by atoms with Crippen LogP contribution in [-0.2, 0) is 6.54 Å². The van der Waals surface area contributed by atoms with E-state index in [0.29, 0.717) is 0 Å². The second-order valence-corrected chi connectivity index (χ2v) is 7.42. The van der Waals surface area contributed by atoms with Crippen molar-refractivity contribution >= 4 is 23.4 Å². The predicted molar refractivity (Wildman–Crippen MR) is 88.3 cm³/mol. The number of nitrogens with one attached hydrogen (secondary N) is 1. The summed E-state index contributed by atoms with van der Waals surface area (Å²) in [5.41, 5.74) is 1.35. The number of benzene rings is 1. The largest absolute Gasteiger partial charge is 0.308 e. The SMILES string of the molecule is CCCCCSc1cccc(Cl)c1CNC(C)(C)C. The van der Waals surface area contributed by atoms with Gasteiger partial charge < -0.3 is 5.32 Å². The molecule has 0 saturated carbocycles. The van der Waals surface area contributed by atoms with Crippen LogP contribution in [0.1, 0.15) is 52.5 Å². The van der Waals surface area contributed by atoms with E-state index in [1.165, 1.54) is 35.5 Å². The maximum Gasteiger partial charge on any atom is 0.0462 e. The molecular weight excluding hydrogens is 274 g/mol. The van der Waals surface area contributed by atoms with Crippen LogP contribution in [0.2, 0.25) is 5.02 Å². The number of hydrogen-bond donors (Lipinski definition) is 1. The third-order valence-electron chi connectivity index (χ3n) is 2.88. The second kappa shape index (κ2) is 8.18. The van der Waals surface area contributed by atoms with E-state index in [-0.39, 0.29) is 5.54 Å². The lowest BCUT2D eigenvalue weighted by Gasteiger charge is -2.22. The molecule has 0 spiro atoms. The van der Waals surface area contributed by atoms with Gasteiger partial charge in [0.05, 0.1) is 0 Å². The van der Waals surface area contributed by atoms with Crippen molar-refractivity contribution in [1.82, 2.24) is 5.32 Å². The van der Waals surface area contributed by atoms with E-state index < -0.39 is 0 Å². The molecule has 0 bridgehead atoms. The van der Waals surface area contributed by atoms with E-state index >= 15 is 0 Å².